The van der Waals surface area contributed by atoms with Gasteiger partial charge >= 0.3 is 0 Å². The van der Waals surface area contributed by atoms with E-state index in [9.17, 15) is 20.1 Å². The van der Waals surface area contributed by atoms with Crippen molar-refractivity contribution in [3.05, 3.63) is 0 Å². The number of nitrogens with one attached hydrogen (secondary N) is 2. The van der Waals surface area contributed by atoms with E-state index in [0.29, 0.717) is 5.92 Å². The summed E-state index contributed by atoms with van der Waals surface area (Å²) in [5.74, 6) is 0.457. The summed E-state index contributed by atoms with van der Waals surface area (Å²) in [6.07, 6.45) is 1.42. The molecule has 2 heterocycles. The highest BCUT2D eigenvalue weighted by atomic mass is 32.2. The Morgan fingerprint density at radius 3 is 2.56 bits per heavy atom. The molecule has 8 unspecified atom stereocenters. The van der Waals surface area contributed by atoms with Crippen molar-refractivity contribution in [2.75, 3.05) is 12.8 Å². The maximum Gasteiger partial charge on any atom is 0.237 e. The minimum Gasteiger partial charge on any atom is -0.388 e. The Bertz CT molecular complexity index is 477. The van der Waals surface area contributed by atoms with Crippen LogP contribution in [-0.2, 0) is 9.53 Å². The van der Waals surface area contributed by atoms with Crippen molar-refractivity contribution in [1.29, 1.82) is 0 Å². The monoisotopic (exact) mass is 404 g/mol. The molecule has 1 amide bonds. The van der Waals surface area contributed by atoms with Crippen LogP contribution in [0.1, 0.15) is 46.5 Å². The Balaban J connectivity index is 2.07. The van der Waals surface area contributed by atoms with E-state index >= 15 is 0 Å². The molecule has 27 heavy (non-hydrogen) atoms. The fourth-order valence-electron chi connectivity index (χ4n) is 4.12. The summed E-state index contributed by atoms with van der Waals surface area (Å²) >= 11 is 1.28. The lowest BCUT2D eigenvalue weighted by Crippen LogP contribution is -2.65. The van der Waals surface area contributed by atoms with Crippen LogP contribution in [0, 0.1) is 11.8 Å². The standard InChI is InChI=1S/C19H36N2O5S/c1-5-6-11-7-8-20-12(9-11)18(25)21-13(10(2)3)17-15(23)14(22)16(24)19(26-17)27-4/h10-17,19-20,22-24H,5-9H2,1-4H3,(H,21,25). The van der Waals surface area contributed by atoms with Gasteiger partial charge in [0.05, 0.1) is 12.1 Å². The van der Waals surface area contributed by atoms with Crippen molar-refractivity contribution in [3.63, 3.8) is 0 Å². The van der Waals surface area contributed by atoms with Crippen LogP contribution in [0.15, 0.2) is 0 Å². The minimum absolute atomic E-state index is 0.00595. The molecule has 0 spiro atoms. The van der Waals surface area contributed by atoms with E-state index in [1.165, 1.54) is 11.8 Å². The third-order valence-corrected chi connectivity index (χ3v) is 6.60. The largest absolute Gasteiger partial charge is 0.388 e. The van der Waals surface area contributed by atoms with Crippen molar-refractivity contribution in [2.24, 2.45) is 11.8 Å². The molecule has 0 aromatic heterocycles. The fraction of sp³-hybridized carbons (Fsp3) is 0.947. The van der Waals surface area contributed by atoms with Crippen LogP contribution in [-0.4, -0.2) is 76.0 Å². The average Bonchev–Trinajstić information content (AvgIpc) is 2.65. The van der Waals surface area contributed by atoms with Gasteiger partial charge in [0.15, 0.2) is 0 Å². The molecule has 0 radical (unpaired) electrons. The van der Waals surface area contributed by atoms with Crippen LogP contribution in [0.5, 0.6) is 0 Å². The molecule has 7 nitrogen and oxygen atoms in total. The lowest BCUT2D eigenvalue weighted by Gasteiger charge is -2.44. The lowest BCUT2D eigenvalue weighted by atomic mass is 9.86. The quantitative estimate of drug-likeness (QED) is 0.419. The van der Waals surface area contributed by atoms with E-state index < -0.39 is 35.9 Å². The second-order valence-electron chi connectivity index (χ2n) is 8.14. The van der Waals surface area contributed by atoms with Crippen molar-refractivity contribution < 1.29 is 24.9 Å². The number of hydrogen-bond donors (Lipinski definition) is 5. The number of thioether (sulfide) groups is 1. The Kier molecular flexibility index (Phi) is 8.83. The molecule has 0 aromatic rings. The molecule has 2 rings (SSSR count). The SMILES string of the molecule is CCCC1CCNC(C(=O)NC(C(C)C)C2OC(SC)C(O)C(O)C2O)C1. The van der Waals surface area contributed by atoms with E-state index in [2.05, 4.69) is 17.6 Å². The molecule has 8 atom stereocenters. The highest BCUT2D eigenvalue weighted by Crippen LogP contribution is 2.30. The lowest BCUT2D eigenvalue weighted by molar-refractivity contribution is -0.208. The predicted octanol–water partition coefficient (Wildman–Crippen LogP) is 0.466. The molecule has 5 N–H and O–H groups in total. The minimum atomic E-state index is -1.30. The van der Waals surface area contributed by atoms with Crippen LogP contribution < -0.4 is 10.6 Å². The summed E-state index contributed by atoms with van der Waals surface area (Å²) in [6.45, 7) is 6.88. The van der Waals surface area contributed by atoms with E-state index in [4.69, 9.17) is 4.74 Å². The average molecular weight is 405 g/mol. The van der Waals surface area contributed by atoms with Crippen molar-refractivity contribution >= 4 is 17.7 Å². The Morgan fingerprint density at radius 2 is 1.96 bits per heavy atom. The Morgan fingerprint density at radius 1 is 1.26 bits per heavy atom. The van der Waals surface area contributed by atoms with Crippen LogP contribution in [0.25, 0.3) is 0 Å². The second-order valence-corrected chi connectivity index (χ2v) is 9.08. The van der Waals surface area contributed by atoms with Crippen molar-refractivity contribution in [1.82, 2.24) is 10.6 Å². The first-order valence-electron chi connectivity index (χ1n) is 10.1. The van der Waals surface area contributed by atoms with Gasteiger partial charge in [0.2, 0.25) is 5.91 Å². The molecular weight excluding hydrogens is 368 g/mol. The van der Waals surface area contributed by atoms with Crippen LogP contribution in [0.2, 0.25) is 0 Å². The zero-order valence-corrected chi connectivity index (χ0v) is 17.6. The first-order chi connectivity index (χ1) is 12.8. The van der Waals surface area contributed by atoms with Crippen molar-refractivity contribution in [3.8, 4) is 0 Å². The number of aliphatic hydroxyl groups excluding tert-OH is 3. The number of amides is 1. The smallest absolute Gasteiger partial charge is 0.237 e. The molecule has 0 aromatic carbocycles. The van der Waals surface area contributed by atoms with Gasteiger partial charge in [0.1, 0.15) is 29.9 Å². The number of aliphatic hydroxyl groups is 3. The van der Waals surface area contributed by atoms with E-state index in [-0.39, 0.29) is 17.9 Å². The molecule has 2 fully saturated rings. The third-order valence-electron chi connectivity index (χ3n) is 5.75. The van der Waals surface area contributed by atoms with Gasteiger partial charge in [-0.1, -0.05) is 33.6 Å². The zero-order chi connectivity index (χ0) is 20.1. The van der Waals surface area contributed by atoms with Gasteiger partial charge < -0.3 is 30.7 Å². The zero-order valence-electron chi connectivity index (χ0n) is 16.8. The molecule has 8 heteroatoms. The number of carbonyl (C=O) groups is 1. The third kappa shape index (κ3) is 5.58. The molecule has 158 valence electrons. The topological polar surface area (TPSA) is 111 Å². The number of piperidine rings is 1. The Hall–Kier alpha value is -0.380. The molecule has 2 aliphatic rings. The molecule has 2 saturated heterocycles. The van der Waals surface area contributed by atoms with Gasteiger partial charge in [-0.25, -0.2) is 0 Å². The second kappa shape index (κ2) is 10.4. The number of hydrogen-bond acceptors (Lipinski definition) is 7. The normalized spacial score (nSPS) is 38.6. The molecule has 0 bridgehead atoms. The highest BCUT2D eigenvalue weighted by Gasteiger charge is 2.47. The molecule has 0 saturated carbocycles. The van der Waals surface area contributed by atoms with E-state index in [1.54, 1.807) is 6.26 Å². The van der Waals surface area contributed by atoms with E-state index in [0.717, 1.165) is 32.2 Å². The van der Waals surface area contributed by atoms with Crippen LogP contribution in [0.3, 0.4) is 0 Å². The summed E-state index contributed by atoms with van der Waals surface area (Å²) in [5.41, 5.74) is -0.645. The molecular formula is C19H36N2O5S. The predicted molar refractivity (Wildman–Crippen MR) is 106 cm³/mol. The van der Waals surface area contributed by atoms with Gasteiger partial charge in [-0.2, -0.15) is 0 Å². The maximum absolute atomic E-state index is 12.9. The summed E-state index contributed by atoms with van der Waals surface area (Å²) in [5, 5.41) is 37.1. The summed E-state index contributed by atoms with van der Waals surface area (Å²) < 4.78 is 5.87. The summed E-state index contributed by atoms with van der Waals surface area (Å²) in [4.78, 5) is 12.9. The van der Waals surface area contributed by atoms with E-state index in [1.807, 2.05) is 13.8 Å². The number of rotatable bonds is 7. The molecule has 2 aliphatic heterocycles. The van der Waals surface area contributed by atoms with Crippen LogP contribution in [0.4, 0.5) is 0 Å². The number of ether oxygens (including phenoxy) is 1. The summed E-state index contributed by atoms with van der Waals surface area (Å²) in [7, 11) is 0. The Labute approximate surface area is 166 Å². The first kappa shape index (κ1) is 22.9. The summed E-state index contributed by atoms with van der Waals surface area (Å²) in [6, 6.07) is -0.707. The fourth-order valence-corrected chi connectivity index (χ4v) is 4.80. The first-order valence-corrected chi connectivity index (χ1v) is 11.3. The highest BCUT2D eigenvalue weighted by molar-refractivity contribution is 7.99. The van der Waals surface area contributed by atoms with Gasteiger partial charge in [-0.15, -0.1) is 11.8 Å². The maximum atomic E-state index is 12.9. The number of carbonyl (C=O) groups excluding carboxylic acids is 1. The van der Waals surface area contributed by atoms with Crippen molar-refractivity contribution in [2.45, 2.75) is 88.4 Å². The van der Waals surface area contributed by atoms with Gasteiger partial charge in [0.25, 0.3) is 0 Å². The van der Waals surface area contributed by atoms with Gasteiger partial charge in [0, 0.05) is 0 Å². The van der Waals surface area contributed by atoms with Crippen LogP contribution >= 0.6 is 11.8 Å². The molecule has 0 aliphatic carbocycles. The van der Waals surface area contributed by atoms with Gasteiger partial charge in [-0.05, 0) is 37.5 Å². The van der Waals surface area contributed by atoms with Gasteiger partial charge in [-0.3, -0.25) is 4.79 Å².